The van der Waals surface area contributed by atoms with Gasteiger partial charge in [-0.2, -0.15) is 5.26 Å². The second-order valence-corrected chi connectivity index (χ2v) is 8.70. The standard InChI is InChI=1S/C21H19N5O3S2/c1-13-14(2)26(12-15-5-3-8-28-15)19(16(13)11-22)23-18(27)7-10-31-21-25-24-20(29-21)17-6-4-9-30-17/h3-6,8-9H,7,10,12H2,1-2H3,(H,23,27). The lowest BCUT2D eigenvalue weighted by atomic mass is 10.2. The average molecular weight is 454 g/mol. The van der Waals surface area contributed by atoms with Crippen LogP contribution in [-0.4, -0.2) is 26.4 Å². The minimum Gasteiger partial charge on any atom is -0.467 e. The van der Waals surface area contributed by atoms with Crippen LogP contribution in [0.1, 0.15) is 29.0 Å². The molecule has 4 aromatic rings. The van der Waals surface area contributed by atoms with Crippen molar-refractivity contribution in [2.24, 2.45) is 0 Å². The monoisotopic (exact) mass is 453 g/mol. The summed E-state index contributed by atoms with van der Waals surface area (Å²) >= 11 is 2.84. The van der Waals surface area contributed by atoms with Gasteiger partial charge in [0.1, 0.15) is 17.6 Å². The topological polar surface area (TPSA) is 110 Å². The first-order valence-electron chi connectivity index (χ1n) is 9.49. The van der Waals surface area contributed by atoms with E-state index in [1.807, 2.05) is 48.1 Å². The Bertz CT molecular complexity index is 1220. The number of nitrogens with one attached hydrogen (secondary N) is 1. The number of hydrogen-bond donors (Lipinski definition) is 1. The molecule has 0 spiro atoms. The molecule has 0 unspecified atom stereocenters. The quantitative estimate of drug-likeness (QED) is 0.380. The van der Waals surface area contributed by atoms with Crippen LogP contribution in [0, 0.1) is 25.2 Å². The number of hydrogen-bond acceptors (Lipinski definition) is 8. The van der Waals surface area contributed by atoms with Crippen LogP contribution >= 0.6 is 23.1 Å². The smallest absolute Gasteiger partial charge is 0.276 e. The van der Waals surface area contributed by atoms with Gasteiger partial charge in [0.15, 0.2) is 0 Å². The number of nitrogens with zero attached hydrogens (tertiary/aromatic N) is 4. The minimum atomic E-state index is -0.194. The van der Waals surface area contributed by atoms with Gasteiger partial charge < -0.3 is 18.7 Å². The maximum Gasteiger partial charge on any atom is 0.276 e. The van der Waals surface area contributed by atoms with E-state index in [1.54, 1.807) is 6.26 Å². The van der Waals surface area contributed by atoms with Gasteiger partial charge in [0.25, 0.3) is 11.1 Å². The molecule has 4 aromatic heterocycles. The van der Waals surface area contributed by atoms with Crippen LogP contribution in [0.3, 0.4) is 0 Å². The highest BCUT2D eigenvalue weighted by Gasteiger charge is 2.20. The second kappa shape index (κ2) is 9.24. The van der Waals surface area contributed by atoms with E-state index in [-0.39, 0.29) is 12.3 Å². The van der Waals surface area contributed by atoms with Crippen molar-refractivity contribution < 1.29 is 13.6 Å². The maximum absolute atomic E-state index is 12.6. The van der Waals surface area contributed by atoms with Crippen LogP contribution in [0.2, 0.25) is 0 Å². The molecular weight excluding hydrogens is 434 g/mol. The molecule has 0 fully saturated rings. The van der Waals surface area contributed by atoms with Gasteiger partial charge in [-0.3, -0.25) is 4.79 Å². The third-order valence-corrected chi connectivity index (χ3v) is 6.46. The molecule has 1 N–H and O–H groups in total. The molecule has 0 saturated carbocycles. The van der Waals surface area contributed by atoms with Gasteiger partial charge in [-0.05, 0) is 43.0 Å². The summed E-state index contributed by atoms with van der Waals surface area (Å²) in [7, 11) is 0. The van der Waals surface area contributed by atoms with E-state index in [2.05, 4.69) is 21.6 Å². The summed E-state index contributed by atoms with van der Waals surface area (Å²) < 4.78 is 13.0. The zero-order valence-corrected chi connectivity index (χ0v) is 18.5. The number of thioether (sulfide) groups is 1. The third kappa shape index (κ3) is 4.57. The van der Waals surface area contributed by atoms with Gasteiger partial charge in [-0.25, -0.2) is 0 Å². The van der Waals surface area contributed by atoms with Gasteiger partial charge in [0.2, 0.25) is 5.91 Å². The first kappa shape index (κ1) is 21.0. The number of rotatable bonds is 8. The molecule has 1 amide bonds. The van der Waals surface area contributed by atoms with Crippen molar-refractivity contribution >= 4 is 34.8 Å². The summed E-state index contributed by atoms with van der Waals surface area (Å²) in [4.78, 5) is 13.5. The number of aromatic nitrogens is 3. The predicted octanol–water partition coefficient (Wildman–Crippen LogP) is 4.85. The van der Waals surface area contributed by atoms with Gasteiger partial charge in [0, 0.05) is 17.9 Å². The summed E-state index contributed by atoms with van der Waals surface area (Å²) in [6.07, 6.45) is 1.83. The van der Waals surface area contributed by atoms with E-state index in [9.17, 15) is 10.1 Å². The normalized spacial score (nSPS) is 10.9. The molecule has 0 bridgehead atoms. The fourth-order valence-corrected chi connectivity index (χ4v) is 4.42. The van der Waals surface area contributed by atoms with Crippen molar-refractivity contribution in [3.63, 3.8) is 0 Å². The largest absolute Gasteiger partial charge is 0.467 e. The number of furan rings is 1. The van der Waals surface area contributed by atoms with Gasteiger partial charge in [-0.1, -0.05) is 17.8 Å². The molecule has 10 heteroatoms. The van der Waals surface area contributed by atoms with E-state index in [4.69, 9.17) is 8.83 Å². The molecule has 0 aromatic carbocycles. The van der Waals surface area contributed by atoms with E-state index >= 15 is 0 Å². The van der Waals surface area contributed by atoms with Crippen molar-refractivity contribution in [1.29, 1.82) is 5.26 Å². The predicted molar refractivity (Wildman–Crippen MR) is 118 cm³/mol. The number of carbonyl (C=O) groups excluding carboxylic acids is 1. The van der Waals surface area contributed by atoms with Gasteiger partial charge >= 0.3 is 0 Å². The van der Waals surface area contributed by atoms with Crippen LogP contribution in [0.5, 0.6) is 0 Å². The van der Waals surface area contributed by atoms with Gasteiger partial charge in [-0.15, -0.1) is 21.5 Å². The van der Waals surface area contributed by atoms with Crippen molar-refractivity contribution in [3.05, 3.63) is 58.5 Å². The van der Waals surface area contributed by atoms with Crippen LogP contribution in [0.25, 0.3) is 10.8 Å². The highest BCUT2D eigenvalue weighted by molar-refractivity contribution is 7.99. The maximum atomic E-state index is 12.6. The van der Waals surface area contributed by atoms with E-state index in [0.717, 1.165) is 21.9 Å². The molecule has 0 saturated heterocycles. The Kier molecular flexibility index (Phi) is 6.25. The minimum absolute atomic E-state index is 0.194. The number of amides is 1. The lowest BCUT2D eigenvalue weighted by Gasteiger charge is -2.11. The molecule has 0 atom stereocenters. The fraction of sp³-hybridized carbons (Fsp3) is 0.238. The van der Waals surface area contributed by atoms with Crippen molar-refractivity contribution in [2.45, 2.75) is 32.0 Å². The highest BCUT2D eigenvalue weighted by atomic mass is 32.2. The number of thiophene rings is 1. The number of nitriles is 1. The second-order valence-electron chi connectivity index (χ2n) is 6.71. The summed E-state index contributed by atoms with van der Waals surface area (Å²) in [5.74, 6) is 1.98. The Morgan fingerprint density at radius 2 is 2.19 bits per heavy atom. The van der Waals surface area contributed by atoms with Crippen LogP contribution in [0.15, 0.2) is 50.0 Å². The van der Waals surface area contributed by atoms with E-state index in [1.165, 1.54) is 23.1 Å². The molecule has 8 nitrogen and oxygen atoms in total. The van der Waals surface area contributed by atoms with Crippen LogP contribution in [-0.2, 0) is 11.3 Å². The fourth-order valence-electron chi connectivity index (χ4n) is 3.08. The molecule has 0 aliphatic carbocycles. The molecule has 0 radical (unpaired) electrons. The molecule has 158 valence electrons. The zero-order chi connectivity index (χ0) is 21.8. The number of anilines is 1. The Morgan fingerprint density at radius 3 is 2.90 bits per heavy atom. The first-order chi connectivity index (χ1) is 15.1. The molecule has 0 aliphatic heterocycles. The highest BCUT2D eigenvalue weighted by Crippen LogP contribution is 2.29. The van der Waals surface area contributed by atoms with Crippen LogP contribution in [0.4, 0.5) is 5.82 Å². The molecule has 4 heterocycles. The summed E-state index contributed by atoms with van der Waals surface area (Å²) in [6.45, 7) is 4.23. The van der Waals surface area contributed by atoms with Gasteiger partial charge in [0.05, 0.1) is 23.2 Å². The zero-order valence-electron chi connectivity index (χ0n) is 16.9. The van der Waals surface area contributed by atoms with E-state index in [0.29, 0.717) is 34.8 Å². The van der Waals surface area contributed by atoms with Crippen molar-refractivity contribution in [2.75, 3.05) is 11.1 Å². The molecular formula is C21H19N5O3S2. The third-order valence-electron chi connectivity index (χ3n) is 4.79. The summed E-state index contributed by atoms with van der Waals surface area (Å²) in [5, 5.41) is 22.9. The Labute approximate surface area is 186 Å². The van der Waals surface area contributed by atoms with Crippen molar-refractivity contribution in [3.8, 4) is 16.8 Å². The molecule has 0 aliphatic rings. The van der Waals surface area contributed by atoms with Crippen molar-refractivity contribution in [1.82, 2.24) is 14.8 Å². The Hall–Kier alpha value is -3.29. The molecule has 4 rings (SSSR count). The summed E-state index contributed by atoms with van der Waals surface area (Å²) in [5.41, 5.74) is 2.21. The average Bonchev–Trinajstić information content (AvgIpc) is 3.55. The van der Waals surface area contributed by atoms with E-state index < -0.39 is 0 Å². The SMILES string of the molecule is Cc1c(C#N)c(NC(=O)CCSc2nnc(-c3cccs3)o2)n(Cc2ccco2)c1C. The van der Waals surface area contributed by atoms with Crippen LogP contribution < -0.4 is 5.32 Å². The lowest BCUT2D eigenvalue weighted by Crippen LogP contribution is -2.17. The Morgan fingerprint density at radius 1 is 1.32 bits per heavy atom. The Balaban J connectivity index is 1.40. The number of carbonyl (C=O) groups is 1. The first-order valence-corrected chi connectivity index (χ1v) is 11.4. The summed E-state index contributed by atoms with van der Waals surface area (Å²) in [6, 6.07) is 9.70. The molecule has 31 heavy (non-hydrogen) atoms. The lowest BCUT2D eigenvalue weighted by molar-refractivity contribution is -0.115.